The Bertz CT molecular complexity index is 1040. The van der Waals surface area contributed by atoms with Crippen LogP contribution in [0, 0.1) is 19.3 Å². The van der Waals surface area contributed by atoms with Gasteiger partial charge in [0.15, 0.2) is 11.5 Å². The Balaban J connectivity index is 1.54. The molecule has 1 heterocycles. The number of amides is 2. The monoisotopic (exact) mass is 421 g/mol. The second-order valence-corrected chi connectivity index (χ2v) is 7.49. The molecule has 3 rings (SSSR count). The number of carbonyl (C=O) groups is 1. The van der Waals surface area contributed by atoms with E-state index >= 15 is 0 Å². The first-order valence-corrected chi connectivity index (χ1v) is 10.2. The highest BCUT2D eigenvalue weighted by molar-refractivity contribution is 7.15. The number of terminal acetylenes is 1. The number of aryl methyl sites for hydroxylation is 1. The SMILES string of the molecule is C#CCOc1cc(CNC(=O)NCc2sc(-c3ccccc3)nc2C)ccc1OC. The minimum absolute atomic E-state index is 0.146. The third kappa shape index (κ3) is 5.52. The molecule has 7 heteroatoms. The molecule has 0 atom stereocenters. The number of benzene rings is 2. The highest BCUT2D eigenvalue weighted by Gasteiger charge is 2.11. The van der Waals surface area contributed by atoms with Gasteiger partial charge in [-0.1, -0.05) is 42.3 Å². The van der Waals surface area contributed by atoms with Crippen LogP contribution in [0.3, 0.4) is 0 Å². The zero-order valence-corrected chi connectivity index (χ0v) is 17.7. The number of methoxy groups -OCH3 is 1. The van der Waals surface area contributed by atoms with Gasteiger partial charge in [-0.15, -0.1) is 17.8 Å². The Hall–Kier alpha value is -3.50. The Morgan fingerprint density at radius 1 is 1.13 bits per heavy atom. The molecule has 0 fully saturated rings. The highest BCUT2D eigenvalue weighted by Crippen LogP contribution is 2.28. The van der Waals surface area contributed by atoms with Gasteiger partial charge < -0.3 is 20.1 Å². The van der Waals surface area contributed by atoms with E-state index in [4.69, 9.17) is 15.9 Å². The molecule has 0 saturated carbocycles. The van der Waals surface area contributed by atoms with Crippen molar-refractivity contribution in [2.75, 3.05) is 13.7 Å². The summed E-state index contributed by atoms with van der Waals surface area (Å²) in [4.78, 5) is 17.9. The standard InChI is InChI=1S/C23H23N3O3S/c1-4-12-29-20-13-17(10-11-19(20)28-3)14-24-23(27)25-15-21-16(2)26-22(30-21)18-8-6-5-7-9-18/h1,5-11,13H,12,14-15H2,2-3H3,(H2,24,25,27). The maximum Gasteiger partial charge on any atom is 0.315 e. The minimum Gasteiger partial charge on any atom is -0.493 e. The molecule has 0 unspecified atom stereocenters. The van der Waals surface area contributed by atoms with Gasteiger partial charge in [0.25, 0.3) is 0 Å². The van der Waals surface area contributed by atoms with Crippen LogP contribution in [0.15, 0.2) is 48.5 Å². The first-order valence-electron chi connectivity index (χ1n) is 9.37. The van der Waals surface area contributed by atoms with Gasteiger partial charge in [0.2, 0.25) is 0 Å². The Kier molecular flexibility index (Phi) is 7.30. The zero-order chi connectivity index (χ0) is 21.3. The number of rotatable bonds is 8. The average molecular weight is 422 g/mol. The summed E-state index contributed by atoms with van der Waals surface area (Å²) >= 11 is 1.58. The van der Waals surface area contributed by atoms with Gasteiger partial charge >= 0.3 is 6.03 Å². The molecule has 2 N–H and O–H groups in total. The molecule has 2 aromatic carbocycles. The second kappa shape index (κ2) is 10.3. The lowest BCUT2D eigenvalue weighted by molar-refractivity contribution is 0.240. The molecule has 0 radical (unpaired) electrons. The lowest BCUT2D eigenvalue weighted by atomic mass is 10.2. The summed E-state index contributed by atoms with van der Waals surface area (Å²) in [6.45, 7) is 2.86. The van der Waals surface area contributed by atoms with Crippen molar-refractivity contribution in [1.29, 1.82) is 0 Å². The van der Waals surface area contributed by atoms with Crippen molar-refractivity contribution in [3.8, 4) is 34.4 Å². The second-order valence-electron chi connectivity index (χ2n) is 6.41. The quantitative estimate of drug-likeness (QED) is 0.536. The number of hydrogen-bond acceptors (Lipinski definition) is 5. The minimum atomic E-state index is -0.258. The van der Waals surface area contributed by atoms with Crippen LogP contribution in [0.1, 0.15) is 16.1 Å². The van der Waals surface area contributed by atoms with Gasteiger partial charge in [0, 0.05) is 17.0 Å². The molecule has 0 spiro atoms. The molecule has 0 aliphatic heterocycles. The van der Waals surface area contributed by atoms with Crippen molar-refractivity contribution in [1.82, 2.24) is 15.6 Å². The molecule has 30 heavy (non-hydrogen) atoms. The molecule has 0 aliphatic carbocycles. The summed E-state index contributed by atoms with van der Waals surface area (Å²) in [6.07, 6.45) is 5.25. The lowest BCUT2D eigenvalue weighted by Gasteiger charge is -2.12. The Morgan fingerprint density at radius 2 is 1.90 bits per heavy atom. The maximum atomic E-state index is 12.2. The molecule has 0 bridgehead atoms. The molecule has 2 amide bonds. The van der Waals surface area contributed by atoms with Crippen LogP contribution in [0.4, 0.5) is 4.79 Å². The van der Waals surface area contributed by atoms with Gasteiger partial charge in [0.05, 0.1) is 19.3 Å². The van der Waals surface area contributed by atoms with E-state index in [1.165, 1.54) is 0 Å². The van der Waals surface area contributed by atoms with E-state index in [0.29, 0.717) is 24.6 Å². The van der Waals surface area contributed by atoms with Crippen LogP contribution in [-0.4, -0.2) is 24.7 Å². The molecule has 1 aromatic heterocycles. The maximum absolute atomic E-state index is 12.2. The van der Waals surface area contributed by atoms with Gasteiger partial charge in [-0.25, -0.2) is 9.78 Å². The normalized spacial score (nSPS) is 10.2. The molecule has 6 nitrogen and oxygen atoms in total. The number of aromatic nitrogens is 1. The van der Waals surface area contributed by atoms with Gasteiger partial charge in [0.1, 0.15) is 11.6 Å². The van der Waals surface area contributed by atoms with Crippen LogP contribution in [0.5, 0.6) is 11.5 Å². The van der Waals surface area contributed by atoms with E-state index < -0.39 is 0 Å². The molecule has 0 saturated heterocycles. The molecular weight excluding hydrogens is 398 g/mol. The van der Waals surface area contributed by atoms with Crippen molar-refractivity contribution in [2.45, 2.75) is 20.0 Å². The van der Waals surface area contributed by atoms with E-state index in [1.807, 2.05) is 43.3 Å². The summed E-state index contributed by atoms with van der Waals surface area (Å²) in [5.74, 6) is 3.56. The third-order valence-corrected chi connectivity index (χ3v) is 5.52. The van der Waals surface area contributed by atoms with Crippen molar-refractivity contribution in [3.05, 3.63) is 64.7 Å². The fraction of sp³-hybridized carbons (Fsp3) is 0.217. The summed E-state index contributed by atoms with van der Waals surface area (Å²) < 4.78 is 10.7. The van der Waals surface area contributed by atoms with Crippen molar-refractivity contribution in [2.24, 2.45) is 0 Å². The smallest absolute Gasteiger partial charge is 0.315 e. The predicted molar refractivity (Wildman–Crippen MR) is 119 cm³/mol. The first kappa shape index (κ1) is 21.2. The van der Waals surface area contributed by atoms with Crippen LogP contribution < -0.4 is 20.1 Å². The highest BCUT2D eigenvalue weighted by atomic mass is 32.1. The van der Waals surface area contributed by atoms with Gasteiger partial charge in [-0.2, -0.15) is 0 Å². The summed E-state index contributed by atoms with van der Waals surface area (Å²) in [7, 11) is 1.56. The molecule has 154 valence electrons. The fourth-order valence-electron chi connectivity index (χ4n) is 2.76. The van der Waals surface area contributed by atoms with Crippen LogP contribution in [0.2, 0.25) is 0 Å². The number of urea groups is 1. The predicted octanol–water partition coefficient (Wildman–Crippen LogP) is 4.14. The Morgan fingerprint density at radius 3 is 2.63 bits per heavy atom. The molecule has 3 aromatic rings. The number of nitrogens with zero attached hydrogens (tertiary/aromatic N) is 1. The van der Waals surface area contributed by atoms with E-state index in [2.05, 4.69) is 21.5 Å². The van der Waals surface area contributed by atoms with E-state index in [0.717, 1.165) is 26.7 Å². The van der Waals surface area contributed by atoms with Crippen molar-refractivity contribution in [3.63, 3.8) is 0 Å². The summed E-state index contributed by atoms with van der Waals surface area (Å²) in [6, 6.07) is 15.2. The first-order chi connectivity index (χ1) is 14.6. The molecular formula is C23H23N3O3S. The number of ether oxygens (including phenoxy) is 2. The zero-order valence-electron chi connectivity index (χ0n) is 16.9. The van der Waals surface area contributed by atoms with Crippen molar-refractivity contribution < 1.29 is 14.3 Å². The third-order valence-electron chi connectivity index (χ3n) is 4.32. The van der Waals surface area contributed by atoms with Gasteiger partial charge in [-0.05, 0) is 24.6 Å². The number of hydrogen-bond donors (Lipinski definition) is 2. The average Bonchev–Trinajstić information content (AvgIpc) is 3.16. The largest absolute Gasteiger partial charge is 0.493 e. The van der Waals surface area contributed by atoms with Crippen LogP contribution in [-0.2, 0) is 13.1 Å². The summed E-state index contributed by atoms with van der Waals surface area (Å²) in [5, 5.41) is 6.68. The van der Waals surface area contributed by atoms with Crippen LogP contribution >= 0.6 is 11.3 Å². The number of carbonyl (C=O) groups excluding carboxylic acids is 1. The lowest BCUT2D eigenvalue weighted by Crippen LogP contribution is -2.34. The van der Waals surface area contributed by atoms with E-state index in [9.17, 15) is 4.79 Å². The Labute approximate surface area is 180 Å². The summed E-state index contributed by atoms with van der Waals surface area (Å²) in [5.41, 5.74) is 2.87. The fourth-order valence-corrected chi connectivity index (χ4v) is 3.77. The van der Waals surface area contributed by atoms with Gasteiger partial charge in [-0.3, -0.25) is 0 Å². The topological polar surface area (TPSA) is 72.5 Å². The molecule has 0 aliphatic rings. The number of thiazole rings is 1. The van der Waals surface area contributed by atoms with Crippen molar-refractivity contribution >= 4 is 17.4 Å². The van der Waals surface area contributed by atoms with E-state index in [-0.39, 0.29) is 12.6 Å². The van der Waals surface area contributed by atoms with Crippen LogP contribution in [0.25, 0.3) is 10.6 Å². The van der Waals surface area contributed by atoms with E-state index in [1.54, 1.807) is 30.6 Å². The number of nitrogens with one attached hydrogen (secondary N) is 2.